The average molecular weight is 653 g/mol. The molecule has 0 aliphatic rings. The highest BCUT2D eigenvalue weighted by atomic mass is 35.5. The van der Waals surface area contributed by atoms with Crippen LogP contribution in [0.1, 0.15) is 71.0 Å². The van der Waals surface area contributed by atoms with E-state index in [0.717, 1.165) is 0 Å². The Morgan fingerprint density at radius 3 is 1.70 bits per heavy atom. The lowest BCUT2D eigenvalue weighted by Crippen LogP contribution is -2.35. The zero-order chi connectivity index (χ0) is 34.6. The highest BCUT2D eigenvalue weighted by Crippen LogP contribution is 2.40. The molecule has 12 heteroatoms. The van der Waals surface area contributed by atoms with Crippen molar-refractivity contribution in [3.8, 4) is 22.3 Å². The summed E-state index contributed by atoms with van der Waals surface area (Å²) >= 11 is 6.70. The smallest absolute Gasteiger partial charge is 0.131 e. The predicted octanol–water partition coefficient (Wildman–Crippen LogP) is 5.55. The maximum absolute atomic E-state index is 15.0. The third kappa shape index (κ3) is 7.03. The second-order valence-electron chi connectivity index (χ2n) is 13.4. The maximum Gasteiger partial charge on any atom is 0.131 e. The van der Waals surface area contributed by atoms with Crippen molar-refractivity contribution in [3.63, 3.8) is 0 Å². The summed E-state index contributed by atoms with van der Waals surface area (Å²) in [6.45, 7) is 11.1. The number of halogens is 2. The summed E-state index contributed by atoms with van der Waals surface area (Å²) in [7, 11) is 0. The van der Waals surface area contributed by atoms with Gasteiger partial charge in [0.05, 0.1) is 40.6 Å². The molecule has 246 valence electrons. The molecule has 2 heterocycles. The number of aromatic nitrogens is 2. The lowest BCUT2D eigenvalue weighted by Gasteiger charge is -2.33. The molecule has 0 amide bonds. The number of rotatable bonds is 9. The van der Waals surface area contributed by atoms with E-state index in [-0.39, 0.29) is 34.8 Å². The Hall–Kier alpha value is -4.00. The molecule has 0 aliphatic heterocycles. The topological polar surface area (TPSA) is 200 Å². The van der Waals surface area contributed by atoms with Gasteiger partial charge in [-0.1, -0.05) is 11.6 Å². The van der Waals surface area contributed by atoms with Crippen LogP contribution in [0.4, 0.5) is 27.1 Å². The molecule has 2 aromatic heterocycles. The van der Waals surface area contributed by atoms with E-state index in [1.54, 1.807) is 52.1 Å². The Morgan fingerprint density at radius 1 is 0.674 bits per heavy atom. The highest BCUT2D eigenvalue weighted by Gasteiger charge is 2.34. The van der Waals surface area contributed by atoms with Gasteiger partial charge in [-0.2, -0.15) is 0 Å². The standard InChI is InChI=1S/C34H42ClFN6O4/c1-31(2,43)21-13-24(36)20(11-25(21)37)18-9-28(40)30(42-15-18)34(7,45)16-46-33(5,6)22-12-23(35)19(10-26(22)38)17-8-27(39)29(41-14-17)32(3,4)44/h8-15,43-45H,16,37-40H2,1-7H3. The van der Waals surface area contributed by atoms with Crippen LogP contribution >= 0.6 is 11.6 Å². The molecule has 4 aromatic rings. The van der Waals surface area contributed by atoms with Gasteiger partial charge >= 0.3 is 0 Å². The molecule has 1 atom stereocenters. The molecular formula is C34H42ClFN6O4. The monoisotopic (exact) mass is 652 g/mol. The quantitative estimate of drug-likeness (QED) is 0.112. The SMILES string of the molecule is CC(C)(O)c1cc(F)c(-c2cnc(C(C)(O)COC(C)(C)c3cc(Cl)c(-c4cnc(C(C)(C)O)c(N)c4)cc3N)c(N)c2)cc1N. The van der Waals surface area contributed by atoms with E-state index in [1.807, 2.05) is 0 Å². The van der Waals surface area contributed by atoms with Crippen LogP contribution < -0.4 is 22.9 Å². The summed E-state index contributed by atoms with van der Waals surface area (Å²) in [6.07, 6.45) is 2.96. The van der Waals surface area contributed by atoms with Gasteiger partial charge in [-0.15, -0.1) is 0 Å². The maximum atomic E-state index is 15.0. The van der Waals surface area contributed by atoms with Gasteiger partial charge in [0.15, 0.2) is 0 Å². The molecule has 0 bridgehead atoms. The molecule has 0 radical (unpaired) electrons. The first-order valence-corrected chi connectivity index (χ1v) is 14.9. The van der Waals surface area contributed by atoms with Crippen molar-refractivity contribution < 1.29 is 24.4 Å². The summed E-state index contributed by atoms with van der Waals surface area (Å²) in [5, 5.41) is 32.4. The molecule has 4 rings (SSSR count). The summed E-state index contributed by atoms with van der Waals surface area (Å²) in [6, 6.07) is 9.15. The van der Waals surface area contributed by atoms with Crippen molar-refractivity contribution in [2.24, 2.45) is 0 Å². The lowest BCUT2D eigenvalue weighted by atomic mass is 9.92. The van der Waals surface area contributed by atoms with E-state index in [0.29, 0.717) is 44.3 Å². The van der Waals surface area contributed by atoms with Crippen LogP contribution in [-0.2, 0) is 27.1 Å². The third-order valence-corrected chi connectivity index (χ3v) is 8.16. The molecule has 0 fully saturated rings. The minimum atomic E-state index is -1.65. The molecule has 1 unspecified atom stereocenters. The third-order valence-electron chi connectivity index (χ3n) is 7.85. The van der Waals surface area contributed by atoms with E-state index in [9.17, 15) is 15.3 Å². The van der Waals surface area contributed by atoms with Gasteiger partial charge in [-0.3, -0.25) is 9.97 Å². The fourth-order valence-electron chi connectivity index (χ4n) is 5.36. The number of hydrogen-bond acceptors (Lipinski definition) is 10. The van der Waals surface area contributed by atoms with Gasteiger partial charge in [0.2, 0.25) is 0 Å². The van der Waals surface area contributed by atoms with Gasteiger partial charge in [0.1, 0.15) is 17.0 Å². The number of anilines is 4. The molecule has 0 saturated heterocycles. The Morgan fingerprint density at radius 2 is 1.17 bits per heavy atom. The lowest BCUT2D eigenvalue weighted by molar-refractivity contribution is -0.106. The van der Waals surface area contributed by atoms with Gasteiger partial charge in [0, 0.05) is 62.2 Å². The van der Waals surface area contributed by atoms with Crippen LogP contribution in [0.2, 0.25) is 5.02 Å². The van der Waals surface area contributed by atoms with E-state index in [4.69, 9.17) is 39.3 Å². The average Bonchev–Trinajstić information content (AvgIpc) is 2.92. The Kier molecular flexibility index (Phi) is 9.08. The first kappa shape index (κ1) is 34.9. The number of nitrogen functional groups attached to an aromatic ring is 4. The van der Waals surface area contributed by atoms with Crippen LogP contribution in [-0.4, -0.2) is 31.9 Å². The number of pyridine rings is 2. The van der Waals surface area contributed by atoms with Crippen molar-refractivity contribution in [1.29, 1.82) is 0 Å². The second-order valence-corrected chi connectivity index (χ2v) is 13.8. The predicted molar refractivity (Wildman–Crippen MR) is 181 cm³/mol. The van der Waals surface area contributed by atoms with Gasteiger partial charge in [-0.25, -0.2) is 4.39 Å². The first-order chi connectivity index (χ1) is 21.0. The Bertz CT molecular complexity index is 1800. The molecule has 2 aromatic carbocycles. The minimum absolute atomic E-state index is 0.115. The van der Waals surface area contributed by atoms with Crippen LogP contribution in [0.3, 0.4) is 0 Å². The molecular weight excluding hydrogens is 611 g/mol. The van der Waals surface area contributed by atoms with Crippen molar-refractivity contribution in [2.75, 3.05) is 29.5 Å². The van der Waals surface area contributed by atoms with Crippen molar-refractivity contribution in [1.82, 2.24) is 9.97 Å². The normalized spacial score (nSPS) is 13.9. The fraction of sp³-hybridized carbons (Fsp3) is 0.353. The van der Waals surface area contributed by atoms with Gasteiger partial charge in [0.25, 0.3) is 0 Å². The minimum Gasteiger partial charge on any atom is -0.398 e. The van der Waals surface area contributed by atoms with Crippen LogP contribution in [0.25, 0.3) is 22.3 Å². The van der Waals surface area contributed by atoms with Gasteiger partial charge < -0.3 is 43.0 Å². The summed E-state index contributed by atoms with van der Waals surface area (Å²) in [5.74, 6) is -0.606. The van der Waals surface area contributed by atoms with Crippen LogP contribution in [0.5, 0.6) is 0 Å². The van der Waals surface area contributed by atoms with E-state index in [1.165, 1.54) is 45.2 Å². The van der Waals surface area contributed by atoms with E-state index < -0.39 is 28.2 Å². The molecule has 10 nitrogen and oxygen atoms in total. The number of nitrogens with zero attached hydrogens (tertiary/aromatic N) is 2. The Balaban J connectivity index is 1.57. The number of ether oxygens (including phenoxy) is 1. The van der Waals surface area contributed by atoms with Crippen molar-refractivity contribution in [2.45, 2.75) is 70.9 Å². The summed E-state index contributed by atoms with van der Waals surface area (Å²) in [5.41, 5.74) is 23.9. The molecule has 11 N–H and O–H groups in total. The van der Waals surface area contributed by atoms with Gasteiger partial charge in [-0.05, 0) is 84.9 Å². The largest absolute Gasteiger partial charge is 0.398 e. The molecule has 0 saturated carbocycles. The van der Waals surface area contributed by atoms with E-state index in [2.05, 4.69) is 9.97 Å². The fourth-order valence-corrected chi connectivity index (χ4v) is 5.63. The Labute approximate surface area is 273 Å². The number of nitrogens with two attached hydrogens (primary N) is 4. The number of aliphatic hydroxyl groups is 3. The van der Waals surface area contributed by atoms with E-state index >= 15 is 4.39 Å². The zero-order valence-electron chi connectivity index (χ0n) is 27.0. The summed E-state index contributed by atoms with van der Waals surface area (Å²) in [4.78, 5) is 8.68. The number of benzene rings is 2. The van der Waals surface area contributed by atoms with Crippen LogP contribution in [0.15, 0.2) is 48.8 Å². The second kappa shape index (κ2) is 12.0. The first-order valence-electron chi connectivity index (χ1n) is 14.6. The molecule has 0 spiro atoms. The van der Waals surface area contributed by atoms with Crippen molar-refractivity contribution >= 4 is 34.4 Å². The highest BCUT2D eigenvalue weighted by molar-refractivity contribution is 6.33. The zero-order valence-corrected chi connectivity index (χ0v) is 27.8. The summed E-state index contributed by atoms with van der Waals surface area (Å²) < 4.78 is 21.2. The molecule has 46 heavy (non-hydrogen) atoms. The molecule has 0 aliphatic carbocycles. The van der Waals surface area contributed by atoms with Crippen LogP contribution in [0, 0.1) is 5.82 Å². The number of hydrogen-bond donors (Lipinski definition) is 7. The van der Waals surface area contributed by atoms with Crippen molar-refractivity contribution in [3.05, 3.63) is 82.1 Å².